The molecule has 0 saturated carbocycles. The second kappa shape index (κ2) is 5.48. The third kappa shape index (κ3) is 2.53. The number of nitrogens with zero attached hydrogens (tertiary/aromatic N) is 3. The third-order valence-corrected chi connectivity index (χ3v) is 4.38. The largest absolute Gasteiger partial charge is 0.478 e. The molecular weight excluding hydrogens is 266 g/mol. The van der Waals surface area contributed by atoms with E-state index in [0.29, 0.717) is 11.6 Å². The standard InChI is InChI=1S/C16H21N3O2/c1-3-15-17-13-5-4-11(16(20)21)10-14(13)19(15)12-6-8-18(2)9-7-12/h4-5,10,12H,3,6-9H2,1-2H3,(H,20,21). The van der Waals surface area contributed by atoms with Crippen molar-refractivity contribution in [1.29, 1.82) is 0 Å². The lowest BCUT2D eigenvalue weighted by atomic mass is 10.0. The van der Waals surface area contributed by atoms with Gasteiger partial charge in [-0.15, -0.1) is 0 Å². The lowest BCUT2D eigenvalue weighted by Crippen LogP contribution is -2.32. The lowest BCUT2D eigenvalue weighted by molar-refractivity contribution is 0.0697. The number of aromatic carboxylic acids is 1. The highest BCUT2D eigenvalue weighted by Gasteiger charge is 2.23. The van der Waals surface area contributed by atoms with Crippen LogP contribution in [0.5, 0.6) is 0 Å². The van der Waals surface area contributed by atoms with Crippen molar-refractivity contribution in [3.05, 3.63) is 29.6 Å². The predicted octanol–water partition coefficient (Wildman–Crippen LogP) is 2.56. The second-order valence-corrected chi connectivity index (χ2v) is 5.79. The number of carbonyl (C=O) groups is 1. The van der Waals surface area contributed by atoms with Gasteiger partial charge in [-0.25, -0.2) is 9.78 Å². The van der Waals surface area contributed by atoms with Crippen molar-refractivity contribution in [3.63, 3.8) is 0 Å². The summed E-state index contributed by atoms with van der Waals surface area (Å²) < 4.78 is 2.27. The second-order valence-electron chi connectivity index (χ2n) is 5.79. The maximum Gasteiger partial charge on any atom is 0.335 e. The zero-order chi connectivity index (χ0) is 15.0. The van der Waals surface area contributed by atoms with Gasteiger partial charge in [0, 0.05) is 12.5 Å². The molecule has 0 aliphatic carbocycles. The number of rotatable bonds is 3. The minimum atomic E-state index is -0.883. The molecule has 1 fully saturated rings. The van der Waals surface area contributed by atoms with E-state index in [2.05, 4.69) is 28.4 Å². The van der Waals surface area contributed by atoms with Crippen LogP contribution in [-0.2, 0) is 6.42 Å². The number of benzene rings is 1. The van der Waals surface area contributed by atoms with Crippen LogP contribution >= 0.6 is 0 Å². The van der Waals surface area contributed by atoms with Crippen LogP contribution in [0, 0.1) is 0 Å². The number of hydrogen-bond donors (Lipinski definition) is 1. The van der Waals surface area contributed by atoms with Gasteiger partial charge in [0.1, 0.15) is 5.82 Å². The Morgan fingerprint density at radius 2 is 2.10 bits per heavy atom. The Hall–Kier alpha value is -1.88. The normalized spacial score (nSPS) is 17.4. The summed E-state index contributed by atoms with van der Waals surface area (Å²) in [5, 5.41) is 9.21. The molecular formula is C16H21N3O2. The quantitative estimate of drug-likeness (QED) is 0.942. The molecule has 0 spiro atoms. The van der Waals surface area contributed by atoms with Crippen LogP contribution in [0.15, 0.2) is 18.2 Å². The maximum absolute atomic E-state index is 11.2. The highest BCUT2D eigenvalue weighted by molar-refractivity contribution is 5.92. The molecule has 5 heteroatoms. The molecule has 2 aromatic rings. The van der Waals surface area contributed by atoms with E-state index in [1.807, 2.05) is 6.07 Å². The molecule has 1 saturated heterocycles. The highest BCUT2D eigenvalue weighted by Crippen LogP contribution is 2.29. The van der Waals surface area contributed by atoms with Gasteiger partial charge in [0.2, 0.25) is 0 Å². The Morgan fingerprint density at radius 1 is 1.38 bits per heavy atom. The van der Waals surface area contributed by atoms with Crippen LogP contribution < -0.4 is 0 Å². The molecule has 5 nitrogen and oxygen atoms in total. The average molecular weight is 287 g/mol. The van der Waals surface area contributed by atoms with E-state index >= 15 is 0 Å². The van der Waals surface area contributed by atoms with E-state index < -0.39 is 5.97 Å². The van der Waals surface area contributed by atoms with Gasteiger partial charge in [-0.2, -0.15) is 0 Å². The van der Waals surface area contributed by atoms with E-state index in [0.717, 1.165) is 49.2 Å². The first-order chi connectivity index (χ1) is 10.1. The maximum atomic E-state index is 11.2. The van der Waals surface area contributed by atoms with E-state index in [1.54, 1.807) is 12.1 Å². The number of piperidine rings is 1. The molecule has 0 radical (unpaired) electrons. The first-order valence-electron chi connectivity index (χ1n) is 7.53. The molecule has 1 aromatic carbocycles. The molecule has 3 rings (SSSR count). The number of imidazole rings is 1. The van der Waals surface area contributed by atoms with Crippen molar-refractivity contribution in [1.82, 2.24) is 14.5 Å². The van der Waals surface area contributed by atoms with Crippen LogP contribution in [0.4, 0.5) is 0 Å². The molecule has 1 aliphatic heterocycles. The van der Waals surface area contributed by atoms with Crippen LogP contribution in [0.25, 0.3) is 11.0 Å². The van der Waals surface area contributed by atoms with Crippen molar-refractivity contribution >= 4 is 17.0 Å². The molecule has 1 N–H and O–H groups in total. The molecule has 2 heterocycles. The zero-order valence-corrected chi connectivity index (χ0v) is 12.5. The van der Waals surface area contributed by atoms with Crippen molar-refractivity contribution in [2.24, 2.45) is 0 Å². The molecule has 112 valence electrons. The summed E-state index contributed by atoms with van der Waals surface area (Å²) in [6.45, 7) is 4.25. The molecule has 0 bridgehead atoms. The van der Waals surface area contributed by atoms with Gasteiger partial charge in [0.15, 0.2) is 0 Å². The van der Waals surface area contributed by atoms with Gasteiger partial charge in [-0.1, -0.05) is 6.92 Å². The van der Waals surface area contributed by atoms with Gasteiger partial charge in [0.05, 0.1) is 16.6 Å². The SMILES string of the molecule is CCc1nc2ccc(C(=O)O)cc2n1C1CCN(C)CC1. The minimum absolute atomic E-state index is 0.333. The summed E-state index contributed by atoms with van der Waals surface area (Å²) in [5.41, 5.74) is 2.19. The van der Waals surface area contributed by atoms with Crippen LogP contribution in [0.1, 0.15) is 42.0 Å². The minimum Gasteiger partial charge on any atom is -0.478 e. The van der Waals surface area contributed by atoms with Gasteiger partial charge in [0.25, 0.3) is 0 Å². The van der Waals surface area contributed by atoms with Crippen LogP contribution in [0.2, 0.25) is 0 Å². The van der Waals surface area contributed by atoms with Crippen molar-refractivity contribution in [3.8, 4) is 0 Å². The Morgan fingerprint density at radius 3 is 2.71 bits per heavy atom. The number of aryl methyl sites for hydroxylation is 1. The van der Waals surface area contributed by atoms with Crippen LogP contribution in [-0.4, -0.2) is 45.7 Å². The van der Waals surface area contributed by atoms with Gasteiger partial charge < -0.3 is 14.6 Å². The summed E-state index contributed by atoms with van der Waals surface area (Å²) >= 11 is 0. The average Bonchev–Trinajstić information content (AvgIpc) is 2.85. The number of likely N-dealkylation sites (tertiary alicyclic amines) is 1. The Labute approximate surface area is 124 Å². The highest BCUT2D eigenvalue weighted by atomic mass is 16.4. The Balaban J connectivity index is 2.09. The van der Waals surface area contributed by atoms with Crippen molar-refractivity contribution < 1.29 is 9.90 Å². The Kier molecular flexibility index (Phi) is 3.68. The van der Waals surface area contributed by atoms with E-state index in [1.165, 1.54) is 0 Å². The lowest BCUT2D eigenvalue weighted by Gasteiger charge is -2.31. The van der Waals surface area contributed by atoms with E-state index in [4.69, 9.17) is 0 Å². The number of carboxylic acid groups (broad SMARTS) is 1. The smallest absolute Gasteiger partial charge is 0.335 e. The summed E-state index contributed by atoms with van der Waals surface area (Å²) in [5.74, 6) is 0.174. The Bertz CT molecular complexity index is 669. The van der Waals surface area contributed by atoms with Gasteiger partial charge >= 0.3 is 5.97 Å². The number of fused-ring (bicyclic) bond motifs is 1. The van der Waals surface area contributed by atoms with E-state index in [9.17, 15) is 9.90 Å². The molecule has 0 atom stereocenters. The molecule has 0 unspecified atom stereocenters. The fourth-order valence-corrected chi connectivity index (χ4v) is 3.19. The molecule has 1 aliphatic rings. The first-order valence-corrected chi connectivity index (χ1v) is 7.53. The number of carboxylic acids is 1. The molecule has 0 amide bonds. The fourth-order valence-electron chi connectivity index (χ4n) is 3.19. The first kappa shape index (κ1) is 14.1. The van der Waals surface area contributed by atoms with Crippen molar-refractivity contribution in [2.45, 2.75) is 32.2 Å². The third-order valence-electron chi connectivity index (χ3n) is 4.38. The summed E-state index contributed by atoms with van der Waals surface area (Å²) in [6.07, 6.45) is 3.04. The summed E-state index contributed by atoms with van der Waals surface area (Å²) in [4.78, 5) is 18.2. The monoisotopic (exact) mass is 287 g/mol. The molecule has 21 heavy (non-hydrogen) atoms. The van der Waals surface area contributed by atoms with Crippen molar-refractivity contribution in [2.75, 3.05) is 20.1 Å². The molecule has 1 aromatic heterocycles. The number of hydrogen-bond acceptors (Lipinski definition) is 3. The van der Waals surface area contributed by atoms with Gasteiger partial charge in [-0.3, -0.25) is 0 Å². The zero-order valence-electron chi connectivity index (χ0n) is 12.5. The topological polar surface area (TPSA) is 58.4 Å². The predicted molar refractivity (Wildman–Crippen MR) is 81.8 cm³/mol. The van der Waals surface area contributed by atoms with Gasteiger partial charge in [-0.05, 0) is 51.2 Å². The number of aromatic nitrogens is 2. The summed E-state index contributed by atoms with van der Waals surface area (Å²) in [7, 11) is 2.14. The summed E-state index contributed by atoms with van der Waals surface area (Å²) in [6, 6.07) is 5.65. The van der Waals surface area contributed by atoms with Crippen LogP contribution in [0.3, 0.4) is 0 Å². The van der Waals surface area contributed by atoms with E-state index in [-0.39, 0.29) is 0 Å². The fraction of sp³-hybridized carbons (Fsp3) is 0.500.